The highest BCUT2D eigenvalue weighted by molar-refractivity contribution is 5.67. The Labute approximate surface area is 89.5 Å². The van der Waals surface area contributed by atoms with E-state index in [1.54, 1.807) is 12.9 Å². The first-order valence-corrected chi connectivity index (χ1v) is 4.69. The molecule has 0 radical (unpaired) electrons. The number of rotatable bonds is 7. The molecule has 1 N–H and O–H groups in total. The van der Waals surface area contributed by atoms with Crippen LogP contribution in [0.3, 0.4) is 0 Å². The minimum atomic E-state index is -0.830. The van der Waals surface area contributed by atoms with Gasteiger partial charge in [-0.05, 0) is 6.92 Å². The molecule has 0 saturated heterocycles. The third kappa shape index (κ3) is 7.88. The summed E-state index contributed by atoms with van der Waals surface area (Å²) in [5.41, 5.74) is 0.513. The van der Waals surface area contributed by atoms with E-state index in [2.05, 4.69) is 0 Å². The topological polar surface area (TPSA) is 63.6 Å². The molecule has 0 aliphatic rings. The van der Waals surface area contributed by atoms with E-state index in [0.29, 0.717) is 23.2 Å². The lowest BCUT2D eigenvalue weighted by atomic mass is 10.4. The maximum atomic E-state index is 10.5. The number of carbonyl (C=O) groups excluding carboxylic acids is 1. The maximum Gasteiger partial charge on any atom is 0.359 e. The molecule has 0 aliphatic heterocycles. The molecule has 0 saturated carbocycles. The zero-order chi connectivity index (χ0) is 11.9. The fourth-order valence-corrected chi connectivity index (χ4v) is 1.01. The summed E-state index contributed by atoms with van der Waals surface area (Å²) in [7, 11) is 3.64. The van der Waals surface area contributed by atoms with E-state index in [-0.39, 0.29) is 13.2 Å². The van der Waals surface area contributed by atoms with Crippen molar-refractivity contribution in [2.24, 2.45) is 0 Å². The molecule has 0 heterocycles. The third-order valence-electron chi connectivity index (χ3n) is 1.90. The summed E-state index contributed by atoms with van der Waals surface area (Å²) < 4.78 is 5.56. The second-order valence-corrected chi connectivity index (χ2v) is 4.15. The van der Waals surface area contributed by atoms with Crippen molar-refractivity contribution < 1.29 is 23.9 Å². The number of aliphatic carboxylic acids is 1. The van der Waals surface area contributed by atoms with Gasteiger partial charge in [0, 0.05) is 5.57 Å². The van der Waals surface area contributed by atoms with Gasteiger partial charge in [0.15, 0.2) is 6.54 Å². The molecule has 0 amide bonds. The second-order valence-electron chi connectivity index (χ2n) is 4.15. The van der Waals surface area contributed by atoms with Gasteiger partial charge < -0.3 is 14.3 Å². The van der Waals surface area contributed by atoms with Gasteiger partial charge in [-0.3, -0.25) is 0 Å². The number of hydrogen-bond donors (Lipinski definition) is 1. The Bertz CT molecular complexity index is 267. The summed E-state index contributed by atoms with van der Waals surface area (Å²) in [6.45, 7) is 2.99. The lowest BCUT2D eigenvalue weighted by molar-refractivity contribution is -0.883. The minimum Gasteiger partial charge on any atom is -0.477 e. The SMILES string of the molecule is CC(=C=O)COCC[N+](C)(C)CC(=O)O. The van der Waals surface area contributed by atoms with Gasteiger partial charge in [-0.1, -0.05) is 0 Å². The number of ether oxygens (including phenoxy) is 1. The zero-order valence-electron chi connectivity index (χ0n) is 9.45. The monoisotopic (exact) mass is 216 g/mol. The third-order valence-corrected chi connectivity index (χ3v) is 1.90. The molecule has 0 unspecified atom stereocenters. The van der Waals surface area contributed by atoms with Crippen LogP contribution in [0.15, 0.2) is 5.57 Å². The summed E-state index contributed by atoms with van der Waals surface area (Å²) in [5.74, 6) is 0.908. The van der Waals surface area contributed by atoms with Gasteiger partial charge >= 0.3 is 5.97 Å². The number of hydrogen-bond acceptors (Lipinski definition) is 3. The van der Waals surface area contributed by atoms with Crippen LogP contribution in [0.25, 0.3) is 0 Å². The Morgan fingerprint density at radius 1 is 1.47 bits per heavy atom. The van der Waals surface area contributed by atoms with Gasteiger partial charge in [0.25, 0.3) is 0 Å². The molecule has 0 aromatic heterocycles. The first kappa shape index (κ1) is 13.8. The summed E-state index contributed by atoms with van der Waals surface area (Å²) in [6, 6.07) is 0. The van der Waals surface area contributed by atoms with Crippen molar-refractivity contribution in [2.45, 2.75) is 6.92 Å². The van der Waals surface area contributed by atoms with Gasteiger partial charge in [0.2, 0.25) is 0 Å². The Hall–Kier alpha value is -1.16. The molecule has 0 rings (SSSR count). The van der Waals surface area contributed by atoms with Crippen molar-refractivity contribution in [3.8, 4) is 0 Å². The van der Waals surface area contributed by atoms with Crippen LogP contribution in [0.4, 0.5) is 0 Å². The number of carboxylic acids is 1. The lowest BCUT2D eigenvalue weighted by Gasteiger charge is -2.27. The Morgan fingerprint density at radius 3 is 2.53 bits per heavy atom. The zero-order valence-corrected chi connectivity index (χ0v) is 9.45. The average Bonchev–Trinajstić information content (AvgIpc) is 2.10. The molecule has 0 aromatic carbocycles. The molecule has 0 fully saturated rings. The molecule has 0 aromatic rings. The van der Waals surface area contributed by atoms with Gasteiger partial charge in [0.05, 0.1) is 27.3 Å². The molecular formula is C10H18NO4+. The van der Waals surface area contributed by atoms with E-state index < -0.39 is 5.97 Å². The Morgan fingerprint density at radius 2 is 2.07 bits per heavy atom. The Balaban J connectivity index is 3.75. The fraction of sp³-hybridized carbons (Fsp3) is 0.700. The molecule has 0 atom stereocenters. The van der Waals surface area contributed by atoms with Gasteiger partial charge in [-0.15, -0.1) is 0 Å². The Kier molecular flexibility index (Phi) is 5.86. The number of likely N-dealkylation sites (N-methyl/N-ethyl adjacent to an activating group) is 1. The predicted molar refractivity (Wildman–Crippen MR) is 55.2 cm³/mol. The molecule has 86 valence electrons. The summed E-state index contributed by atoms with van der Waals surface area (Å²) in [5, 5.41) is 8.62. The maximum absolute atomic E-state index is 10.5. The first-order valence-electron chi connectivity index (χ1n) is 4.69. The van der Waals surface area contributed by atoms with Gasteiger partial charge in [0.1, 0.15) is 12.5 Å². The average molecular weight is 216 g/mol. The molecule has 0 bridgehead atoms. The number of carbonyl (C=O) groups is 1. The van der Waals surface area contributed by atoms with E-state index in [1.807, 2.05) is 14.1 Å². The highest BCUT2D eigenvalue weighted by atomic mass is 16.5. The fourth-order valence-electron chi connectivity index (χ4n) is 1.01. The van der Waals surface area contributed by atoms with Crippen molar-refractivity contribution in [1.82, 2.24) is 0 Å². The molecular weight excluding hydrogens is 198 g/mol. The summed E-state index contributed by atoms with van der Waals surface area (Å²) in [4.78, 5) is 20.6. The largest absolute Gasteiger partial charge is 0.477 e. The minimum absolute atomic E-state index is 0.0614. The number of nitrogens with zero attached hydrogens (tertiary/aromatic N) is 1. The normalized spacial score (nSPS) is 10.9. The van der Waals surface area contributed by atoms with Crippen molar-refractivity contribution >= 4 is 11.9 Å². The predicted octanol–water partition coefficient (Wildman–Crippen LogP) is -0.0581. The number of quaternary nitrogens is 1. The van der Waals surface area contributed by atoms with E-state index in [1.165, 1.54) is 0 Å². The van der Waals surface area contributed by atoms with Crippen LogP contribution in [0.1, 0.15) is 6.92 Å². The van der Waals surface area contributed by atoms with Crippen LogP contribution in [0.5, 0.6) is 0 Å². The molecule has 5 nitrogen and oxygen atoms in total. The van der Waals surface area contributed by atoms with Crippen LogP contribution in [-0.2, 0) is 14.3 Å². The van der Waals surface area contributed by atoms with Crippen molar-refractivity contribution in [2.75, 3.05) is 40.4 Å². The quantitative estimate of drug-likeness (QED) is 0.368. The van der Waals surface area contributed by atoms with Gasteiger partial charge in [-0.25, -0.2) is 9.59 Å². The molecule has 5 heteroatoms. The molecule has 0 aliphatic carbocycles. The smallest absolute Gasteiger partial charge is 0.359 e. The highest BCUT2D eigenvalue weighted by Gasteiger charge is 2.18. The van der Waals surface area contributed by atoms with E-state index in [4.69, 9.17) is 9.84 Å². The second kappa shape index (κ2) is 6.35. The van der Waals surface area contributed by atoms with Crippen molar-refractivity contribution in [3.05, 3.63) is 5.57 Å². The number of carboxylic acid groups (broad SMARTS) is 1. The van der Waals surface area contributed by atoms with Crippen LogP contribution in [0, 0.1) is 0 Å². The first-order chi connectivity index (χ1) is 6.87. The van der Waals surface area contributed by atoms with Crippen molar-refractivity contribution in [1.29, 1.82) is 0 Å². The van der Waals surface area contributed by atoms with E-state index >= 15 is 0 Å². The van der Waals surface area contributed by atoms with E-state index in [9.17, 15) is 9.59 Å². The summed E-state index contributed by atoms with van der Waals surface area (Å²) in [6.07, 6.45) is 0. The standard InChI is InChI=1S/C10H17NO4/c1-9(7-12)8-15-5-4-11(2,3)6-10(13)14/h4-6,8H2,1-3H3/p+1. The van der Waals surface area contributed by atoms with Crippen LogP contribution in [-0.4, -0.2) is 61.9 Å². The molecule has 15 heavy (non-hydrogen) atoms. The summed E-state index contributed by atoms with van der Waals surface area (Å²) >= 11 is 0. The highest BCUT2D eigenvalue weighted by Crippen LogP contribution is 1.97. The molecule has 0 spiro atoms. The lowest BCUT2D eigenvalue weighted by Crippen LogP contribution is -2.46. The van der Waals surface area contributed by atoms with Crippen LogP contribution in [0.2, 0.25) is 0 Å². The van der Waals surface area contributed by atoms with Gasteiger partial charge in [-0.2, -0.15) is 0 Å². The van der Waals surface area contributed by atoms with Crippen LogP contribution < -0.4 is 0 Å². The van der Waals surface area contributed by atoms with E-state index in [0.717, 1.165) is 0 Å². The van der Waals surface area contributed by atoms with Crippen molar-refractivity contribution in [3.63, 3.8) is 0 Å². The van der Waals surface area contributed by atoms with Crippen LogP contribution >= 0.6 is 0 Å².